The molecule has 7 heteroatoms. The summed E-state index contributed by atoms with van der Waals surface area (Å²) < 4.78 is 28.4. The van der Waals surface area contributed by atoms with Gasteiger partial charge in [0.2, 0.25) is 10.0 Å². The third kappa shape index (κ3) is 3.84. The summed E-state index contributed by atoms with van der Waals surface area (Å²) in [5.41, 5.74) is 0.832. The van der Waals surface area contributed by atoms with Crippen LogP contribution in [0.1, 0.15) is 30.2 Å². The van der Waals surface area contributed by atoms with E-state index in [-0.39, 0.29) is 6.04 Å². The summed E-state index contributed by atoms with van der Waals surface area (Å²) >= 11 is 1.50. The number of sulfonamides is 1. The minimum absolute atomic E-state index is 0.0305. The van der Waals surface area contributed by atoms with Crippen molar-refractivity contribution < 1.29 is 8.42 Å². The number of nitrogens with zero attached hydrogens (tertiary/aromatic N) is 1. The molecule has 5 nitrogen and oxygen atoms in total. The summed E-state index contributed by atoms with van der Waals surface area (Å²) in [5.74, 6) is 0. The van der Waals surface area contributed by atoms with E-state index in [2.05, 4.69) is 28.9 Å². The van der Waals surface area contributed by atoms with Gasteiger partial charge >= 0.3 is 0 Å². The molecule has 2 rings (SSSR count). The van der Waals surface area contributed by atoms with Gasteiger partial charge in [-0.1, -0.05) is 0 Å². The second-order valence-corrected chi connectivity index (χ2v) is 8.49. The average molecular weight is 332 g/mol. The molecule has 2 unspecified atom stereocenters. The van der Waals surface area contributed by atoms with Crippen molar-refractivity contribution in [2.75, 3.05) is 20.6 Å². The number of aryl methyl sites for hydroxylation is 1. The van der Waals surface area contributed by atoms with Crippen molar-refractivity contribution in [3.05, 3.63) is 15.8 Å². The highest BCUT2D eigenvalue weighted by Gasteiger charge is 2.29. The summed E-state index contributed by atoms with van der Waals surface area (Å²) in [6, 6.07) is 0.440. The fraction of sp³-hybridized carbons (Fsp3) is 0.714. The maximum absolute atomic E-state index is 12.7. The van der Waals surface area contributed by atoms with Gasteiger partial charge in [0.25, 0.3) is 0 Å². The highest BCUT2D eigenvalue weighted by molar-refractivity contribution is 7.89. The second kappa shape index (κ2) is 6.75. The first-order valence-corrected chi connectivity index (χ1v) is 9.65. The van der Waals surface area contributed by atoms with Crippen molar-refractivity contribution in [2.24, 2.45) is 0 Å². The zero-order chi connectivity index (χ0) is 15.6. The van der Waals surface area contributed by atoms with Crippen LogP contribution in [0.5, 0.6) is 0 Å². The number of rotatable bonds is 5. The molecule has 120 valence electrons. The van der Waals surface area contributed by atoms with Crippen molar-refractivity contribution in [1.29, 1.82) is 0 Å². The van der Waals surface area contributed by atoms with E-state index >= 15 is 0 Å². The fourth-order valence-electron chi connectivity index (χ4n) is 2.81. The van der Waals surface area contributed by atoms with Gasteiger partial charge in [-0.15, -0.1) is 11.3 Å². The van der Waals surface area contributed by atoms with Crippen LogP contribution in [-0.2, 0) is 16.6 Å². The van der Waals surface area contributed by atoms with Crippen LogP contribution in [-0.4, -0.2) is 46.0 Å². The topological polar surface area (TPSA) is 61.4 Å². The molecule has 0 aromatic carbocycles. The predicted octanol–water partition coefficient (Wildman–Crippen LogP) is 1.54. The zero-order valence-corrected chi connectivity index (χ0v) is 14.8. The summed E-state index contributed by atoms with van der Waals surface area (Å²) in [7, 11) is 0.479. The highest BCUT2D eigenvalue weighted by atomic mass is 32.2. The van der Waals surface area contributed by atoms with E-state index in [1.807, 2.05) is 19.4 Å². The lowest BCUT2D eigenvalue weighted by atomic mass is 10.0. The Morgan fingerprint density at radius 3 is 2.81 bits per heavy atom. The lowest BCUT2D eigenvalue weighted by Crippen LogP contribution is -2.47. The maximum Gasteiger partial charge on any atom is 0.242 e. The smallest absolute Gasteiger partial charge is 0.242 e. The largest absolute Gasteiger partial charge is 0.315 e. The summed E-state index contributed by atoms with van der Waals surface area (Å²) in [4.78, 5) is 3.62. The third-order valence-electron chi connectivity index (χ3n) is 4.13. The Morgan fingerprint density at radius 2 is 2.19 bits per heavy atom. The molecule has 1 saturated heterocycles. The molecule has 0 amide bonds. The molecule has 1 aliphatic rings. The Balaban J connectivity index is 2.17. The Bertz CT molecular complexity index is 583. The van der Waals surface area contributed by atoms with Gasteiger partial charge in [-0.3, -0.25) is 0 Å². The normalized spacial score (nSPS) is 24.4. The number of nitrogens with one attached hydrogen (secondary N) is 2. The van der Waals surface area contributed by atoms with Gasteiger partial charge in [0.15, 0.2) is 0 Å². The number of thiophene rings is 1. The molecule has 0 bridgehead atoms. The molecule has 0 saturated carbocycles. The molecule has 0 aliphatic carbocycles. The van der Waals surface area contributed by atoms with Crippen LogP contribution in [0.4, 0.5) is 0 Å². The molecule has 0 spiro atoms. The predicted molar refractivity (Wildman–Crippen MR) is 87.3 cm³/mol. The quantitative estimate of drug-likeness (QED) is 0.859. The van der Waals surface area contributed by atoms with Crippen LogP contribution in [0, 0.1) is 6.92 Å². The highest BCUT2D eigenvalue weighted by Crippen LogP contribution is 2.28. The molecule has 2 atom stereocenters. The molecule has 0 radical (unpaired) electrons. The van der Waals surface area contributed by atoms with Crippen LogP contribution in [0.15, 0.2) is 10.3 Å². The third-order valence-corrected chi connectivity index (χ3v) is 7.11. The Kier molecular flexibility index (Phi) is 5.43. The van der Waals surface area contributed by atoms with Gasteiger partial charge < -0.3 is 10.2 Å². The molecule has 21 heavy (non-hydrogen) atoms. The molecular weight excluding hydrogens is 306 g/mol. The average Bonchev–Trinajstić information content (AvgIpc) is 2.76. The van der Waals surface area contributed by atoms with Crippen LogP contribution < -0.4 is 10.0 Å². The second-order valence-electron chi connectivity index (χ2n) is 5.87. The standard InChI is InChI=1S/C14H25N3O2S2/c1-10-9-20-13(8-15-3)14(10)21(18,19)16-12-5-6-17(4)11(2)7-12/h9,11-12,15-16H,5-8H2,1-4H3. The number of hydrogen-bond acceptors (Lipinski definition) is 5. The lowest BCUT2D eigenvalue weighted by Gasteiger charge is -2.35. The number of piperidine rings is 1. The summed E-state index contributed by atoms with van der Waals surface area (Å²) in [6.45, 7) is 5.52. The van der Waals surface area contributed by atoms with E-state index in [0.29, 0.717) is 17.5 Å². The van der Waals surface area contributed by atoms with Crippen molar-refractivity contribution in [2.45, 2.75) is 50.2 Å². The van der Waals surface area contributed by atoms with Crippen LogP contribution in [0.25, 0.3) is 0 Å². The van der Waals surface area contributed by atoms with E-state index in [0.717, 1.165) is 29.8 Å². The van der Waals surface area contributed by atoms with Crippen molar-refractivity contribution in [1.82, 2.24) is 14.9 Å². The van der Waals surface area contributed by atoms with Gasteiger partial charge in [-0.2, -0.15) is 0 Å². The lowest BCUT2D eigenvalue weighted by molar-refractivity contribution is 0.178. The fourth-order valence-corrected chi connectivity index (χ4v) is 5.91. The van der Waals surface area contributed by atoms with Crippen molar-refractivity contribution in [3.63, 3.8) is 0 Å². The number of likely N-dealkylation sites (tertiary alicyclic amines) is 1. The molecule has 1 aromatic rings. The molecule has 1 aromatic heterocycles. The van der Waals surface area contributed by atoms with Gasteiger partial charge in [-0.25, -0.2) is 13.1 Å². The minimum atomic E-state index is -3.44. The van der Waals surface area contributed by atoms with Gasteiger partial charge in [0.1, 0.15) is 4.90 Å². The number of hydrogen-bond donors (Lipinski definition) is 2. The minimum Gasteiger partial charge on any atom is -0.315 e. The molecular formula is C14H25N3O2S2. The molecule has 2 N–H and O–H groups in total. The Hall–Kier alpha value is -0.470. The Labute approximate surface area is 131 Å². The maximum atomic E-state index is 12.7. The van der Waals surface area contributed by atoms with Gasteiger partial charge in [0.05, 0.1) is 0 Å². The van der Waals surface area contributed by atoms with Crippen molar-refractivity contribution in [3.8, 4) is 0 Å². The van der Waals surface area contributed by atoms with E-state index < -0.39 is 10.0 Å². The van der Waals surface area contributed by atoms with Gasteiger partial charge in [0, 0.05) is 23.5 Å². The van der Waals surface area contributed by atoms with E-state index in [9.17, 15) is 8.42 Å². The summed E-state index contributed by atoms with van der Waals surface area (Å²) in [6.07, 6.45) is 1.73. The monoisotopic (exact) mass is 331 g/mol. The van der Waals surface area contributed by atoms with E-state index in [4.69, 9.17) is 0 Å². The van der Waals surface area contributed by atoms with Crippen LogP contribution >= 0.6 is 11.3 Å². The zero-order valence-electron chi connectivity index (χ0n) is 13.1. The van der Waals surface area contributed by atoms with Crippen molar-refractivity contribution >= 4 is 21.4 Å². The first-order chi connectivity index (χ1) is 9.85. The van der Waals surface area contributed by atoms with Crippen LogP contribution in [0.2, 0.25) is 0 Å². The molecule has 1 fully saturated rings. The van der Waals surface area contributed by atoms with E-state index in [1.54, 1.807) is 0 Å². The van der Waals surface area contributed by atoms with E-state index in [1.165, 1.54) is 11.3 Å². The first kappa shape index (κ1) is 16.9. The Morgan fingerprint density at radius 1 is 1.48 bits per heavy atom. The van der Waals surface area contributed by atoms with Gasteiger partial charge in [-0.05, 0) is 58.3 Å². The SMILES string of the molecule is CNCc1scc(C)c1S(=O)(=O)NC1CCN(C)C(C)C1. The van der Waals surface area contributed by atoms with Crippen LogP contribution in [0.3, 0.4) is 0 Å². The molecule has 2 heterocycles. The molecule has 1 aliphatic heterocycles. The first-order valence-electron chi connectivity index (χ1n) is 7.29. The summed E-state index contributed by atoms with van der Waals surface area (Å²) in [5, 5.41) is 4.95.